The minimum absolute atomic E-state index is 0.0155. The van der Waals surface area contributed by atoms with Crippen molar-refractivity contribution >= 4 is 23.2 Å². The second-order valence-electron chi connectivity index (χ2n) is 6.87. The van der Waals surface area contributed by atoms with Gasteiger partial charge in [-0.3, -0.25) is 9.59 Å². The molecule has 1 aliphatic heterocycles. The van der Waals surface area contributed by atoms with E-state index in [2.05, 4.69) is 4.98 Å². The Morgan fingerprint density at radius 2 is 1.64 bits per heavy atom. The third-order valence-electron chi connectivity index (χ3n) is 4.91. The average Bonchev–Trinajstić information content (AvgIpc) is 3.40. The molecule has 0 bridgehead atoms. The van der Waals surface area contributed by atoms with Crippen LogP contribution in [0, 0.1) is 6.92 Å². The van der Waals surface area contributed by atoms with Crippen molar-refractivity contribution in [3.8, 4) is 5.69 Å². The molecule has 1 saturated heterocycles. The van der Waals surface area contributed by atoms with Crippen LogP contribution in [0.15, 0.2) is 54.2 Å². The molecule has 6 nitrogen and oxygen atoms in total. The standard InChI is InChI=1S/C21H22N4O2S/c1-16-15-28-19(22-16)14-20(26)24-10-12-25(13-11-24)21(27)17-4-6-18(7-5-17)23-8-2-3-9-23/h2-9,15H,10-14H2,1H3. The second-order valence-corrected chi connectivity index (χ2v) is 7.81. The molecule has 144 valence electrons. The number of amides is 2. The van der Waals surface area contributed by atoms with E-state index < -0.39 is 0 Å². The topological polar surface area (TPSA) is 58.4 Å². The Labute approximate surface area is 168 Å². The first-order valence-corrected chi connectivity index (χ1v) is 10.2. The second kappa shape index (κ2) is 7.98. The summed E-state index contributed by atoms with van der Waals surface area (Å²) in [5.74, 6) is 0.0965. The number of nitrogens with zero attached hydrogens (tertiary/aromatic N) is 4. The van der Waals surface area contributed by atoms with E-state index >= 15 is 0 Å². The van der Waals surface area contributed by atoms with E-state index in [1.165, 1.54) is 11.3 Å². The van der Waals surface area contributed by atoms with Crippen molar-refractivity contribution in [2.45, 2.75) is 13.3 Å². The third-order valence-corrected chi connectivity index (χ3v) is 5.87. The van der Waals surface area contributed by atoms with Crippen molar-refractivity contribution in [3.63, 3.8) is 0 Å². The molecular formula is C21H22N4O2S. The number of hydrogen-bond acceptors (Lipinski definition) is 4. The summed E-state index contributed by atoms with van der Waals surface area (Å²) in [6.45, 7) is 4.17. The predicted molar refractivity (Wildman–Crippen MR) is 109 cm³/mol. The summed E-state index contributed by atoms with van der Waals surface area (Å²) < 4.78 is 2.00. The quantitative estimate of drug-likeness (QED) is 0.684. The molecule has 1 fully saturated rings. The van der Waals surface area contributed by atoms with Gasteiger partial charge in [-0.15, -0.1) is 11.3 Å². The lowest BCUT2D eigenvalue weighted by molar-refractivity contribution is -0.131. The fourth-order valence-corrected chi connectivity index (χ4v) is 4.11. The monoisotopic (exact) mass is 394 g/mol. The van der Waals surface area contributed by atoms with Gasteiger partial charge < -0.3 is 14.4 Å². The van der Waals surface area contributed by atoms with Crippen LogP contribution in [0.5, 0.6) is 0 Å². The Morgan fingerprint density at radius 3 is 2.25 bits per heavy atom. The number of hydrogen-bond donors (Lipinski definition) is 0. The van der Waals surface area contributed by atoms with E-state index in [0.29, 0.717) is 38.2 Å². The first-order valence-electron chi connectivity index (χ1n) is 9.31. The van der Waals surface area contributed by atoms with Crippen LogP contribution in [-0.2, 0) is 11.2 Å². The van der Waals surface area contributed by atoms with Crippen LogP contribution < -0.4 is 0 Å². The zero-order chi connectivity index (χ0) is 19.5. The molecule has 2 aromatic heterocycles. The minimum atomic E-state index is 0.0155. The van der Waals surface area contributed by atoms with Crippen molar-refractivity contribution in [2.75, 3.05) is 26.2 Å². The molecule has 28 heavy (non-hydrogen) atoms. The van der Waals surface area contributed by atoms with Gasteiger partial charge in [0.15, 0.2) is 0 Å². The Kier molecular flexibility index (Phi) is 5.25. The Bertz CT molecular complexity index is 955. The first kappa shape index (κ1) is 18.4. The van der Waals surface area contributed by atoms with Gasteiger partial charge >= 0.3 is 0 Å². The number of aryl methyl sites for hydroxylation is 1. The normalized spacial score (nSPS) is 14.3. The molecule has 0 radical (unpaired) electrons. The van der Waals surface area contributed by atoms with Crippen LogP contribution >= 0.6 is 11.3 Å². The van der Waals surface area contributed by atoms with Crippen molar-refractivity contribution in [3.05, 3.63) is 70.4 Å². The van der Waals surface area contributed by atoms with Crippen molar-refractivity contribution in [2.24, 2.45) is 0 Å². The summed E-state index contributed by atoms with van der Waals surface area (Å²) in [4.78, 5) is 33.2. The highest BCUT2D eigenvalue weighted by molar-refractivity contribution is 7.09. The number of carbonyl (C=O) groups excluding carboxylic acids is 2. The summed E-state index contributed by atoms with van der Waals surface area (Å²) in [6, 6.07) is 11.6. The van der Waals surface area contributed by atoms with Gasteiger partial charge in [0, 0.05) is 60.9 Å². The summed E-state index contributed by atoms with van der Waals surface area (Å²) in [6.07, 6.45) is 4.29. The molecule has 3 aromatic rings. The summed E-state index contributed by atoms with van der Waals surface area (Å²) in [5, 5.41) is 2.81. The highest BCUT2D eigenvalue weighted by Crippen LogP contribution is 2.15. The maximum Gasteiger partial charge on any atom is 0.253 e. The predicted octanol–water partition coefficient (Wildman–Crippen LogP) is 2.77. The molecule has 7 heteroatoms. The number of thiazole rings is 1. The molecule has 0 atom stereocenters. The van der Waals surface area contributed by atoms with Crippen LogP contribution in [0.1, 0.15) is 21.1 Å². The molecule has 0 unspecified atom stereocenters. The van der Waals surface area contributed by atoms with Gasteiger partial charge in [-0.05, 0) is 43.3 Å². The molecule has 1 aliphatic rings. The summed E-state index contributed by atoms with van der Waals surface area (Å²) in [7, 11) is 0. The van der Waals surface area contributed by atoms with Crippen LogP contribution in [0.3, 0.4) is 0 Å². The minimum Gasteiger partial charge on any atom is -0.339 e. The number of carbonyl (C=O) groups is 2. The molecular weight excluding hydrogens is 372 g/mol. The lowest BCUT2D eigenvalue weighted by Gasteiger charge is -2.34. The summed E-state index contributed by atoms with van der Waals surface area (Å²) in [5.41, 5.74) is 2.65. The Morgan fingerprint density at radius 1 is 1.00 bits per heavy atom. The highest BCUT2D eigenvalue weighted by atomic mass is 32.1. The molecule has 4 rings (SSSR count). The van der Waals surface area contributed by atoms with Crippen LogP contribution in [0.2, 0.25) is 0 Å². The van der Waals surface area contributed by atoms with Gasteiger partial charge in [0.2, 0.25) is 5.91 Å². The molecule has 0 N–H and O–H groups in total. The van der Waals surface area contributed by atoms with Crippen LogP contribution in [0.4, 0.5) is 0 Å². The largest absolute Gasteiger partial charge is 0.339 e. The molecule has 3 heterocycles. The van der Waals surface area contributed by atoms with Gasteiger partial charge in [0.05, 0.1) is 6.42 Å². The van der Waals surface area contributed by atoms with E-state index in [4.69, 9.17) is 0 Å². The van der Waals surface area contributed by atoms with Gasteiger partial charge in [0.1, 0.15) is 5.01 Å². The molecule has 0 spiro atoms. The van der Waals surface area contributed by atoms with Crippen molar-refractivity contribution in [1.29, 1.82) is 0 Å². The zero-order valence-corrected chi connectivity index (χ0v) is 16.6. The Balaban J connectivity index is 1.33. The van der Waals surface area contributed by atoms with E-state index in [0.717, 1.165) is 16.4 Å². The third kappa shape index (κ3) is 3.99. The van der Waals surface area contributed by atoms with Gasteiger partial charge in [0.25, 0.3) is 5.91 Å². The molecule has 1 aromatic carbocycles. The fraction of sp³-hybridized carbons (Fsp3) is 0.286. The van der Waals surface area contributed by atoms with Crippen LogP contribution in [0.25, 0.3) is 5.69 Å². The number of benzene rings is 1. The fourth-order valence-electron chi connectivity index (χ4n) is 3.35. The van der Waals surface area contributed by atoms with Gasteiger partial charge in [-0.25, -0.2) is 4.98 Å². The van der Waals surface area contributed by atoms with E-state index in [-0.39, 0.29) is 11.8 Å². The van der Waals surface area contributed by atoms with Gasteiger partial charge in [-0.1, -0.05) is 0 Å². The SMILES string of the molecule is Cc1csc(CC(=O)N2CCN(C(=O)c3ccc(-n4cccc4)cc3)CC2)n1. The smallest absolute Gasteiger partial charge is 0.253 e. The summed E-state index contributed by atoms with van der Waals surface area (Å²) >= 11 is 1.52. The van der Waals surface area contributed by atoms with Gasteiger partial charge in [-0.2, -0.15) is 0 Å². The number of rotatable bonds is 4. The van der Waals surface area contributed by atoms with Crippen LogP contribution in [-0.4, -0.2) is 57.3 Å². The highest BCUT2D eigenvalue weighted by Gasteiger charge is 2.25. The number of aromatic nitrogens is 2. The zero-order valence-electron chi connectivity index (χ0n) is 15.7. The molecule has 0 aliphatic carbocycles. The van der Waals surface area contributed by atoms with Crippen molar-refractivity contribution in [1.82, 2.24) is 19.4 Å². The van der Waals surface area contributed by atoms with Crippen molar-refractivity contribution < 1.29 is 9.59 Å². The maximum atomic E-state index is 12.8. The lowest BCUT2D eigenvalue weighted by atomic mass is 10.1. The molecule has 0 saturated carbocycles. The van der Waals surface area contributed by atoms with E-state index in [1.54, 1.807) is 0 Å². The molecule has 2 amide bonds. The average molecular weight is 395 g/mol. The van der Waals surface area contributed by atoms with E-state index in [1.807, 2.05) is 75.5 Å². The first-order chi connectivity index (χ1) is 13.6. The maximum absolute atomic E-state index is 12.8. The lowest BCUT2D eigenvalue weighted by Crippen LogP contribution is -2.51. The Hall–Kier alpha value is -2.93. The van der Waals surface area contributed by atoms with E-state index in [9.17, 15) is 9.59 Å². The number of piperazine rings is 1.